The molecule has 0 saturated heterocycles. The lowest BCUT2D eigenvalue weighted by molar-refractivity contribution is -0.117. The fourth-order valence-corrected chi connectivity index (χ4v) is 3.99. The first kappa shape index (κ1) is 29.0. The molecule has 3 aromatic carbocycles. The Hall–Kier alpha value is -3.59. The number of anilines is 1. The number of hydrogen-bond donors (Lipinski definition) is 1. The number of rotatable bonds is 16. The van der Waals surface area contributed by atoms with E-state index in [4.69, 9.17) is 29.4 Å². The van der Waals surface area contributed by atoms with E-state index < -0.39 is 0 Å². The number of carbonyl (C=O) groups is 1. The van der Waals surface area contributed by atoms with Crippen LogP contribution in [0.5, 0.6) is 17.2 Å². The topological polar surface area (TPSA) is 92.5 Å². The van der Waals surface area contributed by atoms with Crippen molar-refractivity contribution in [3.63, 3.8) is 0 Å². The molecule has 0 spiro atoms. The van der Waals surface area contributed by atoms with Gasteiger partial charge in [-0.3, -0.25) is 4.79 Å². The molecule has 0 heterocycles. The molecule has 3 aromatic rings. The number of para-hydroxylation sites is 1. The molecule has 0 bridgehead atoms. The van der Waals surface area contributed by atoms with E-state index in [9.17, 15) is 4.79 Å². The highest BCUT2D eigenvalue weighted by Crippen LogP contribution is 2.23. The quantitative estimate of drug-likeness (QED) is 0.275. The lowest BCUT2D eigenvalue weighted by Crippen LogP contribution is -2.46. The van der Waals surface area contributed by atoms with Crippen LogP contribution in [0.4, 0.5) is 5.69 Å². The van der Waals surface area contributed by atoms with Crippen molar-refractivity contribution < 1.29 is 28.5 Å². The minimum Gasteiger partial charge on any atom is -0.497 e. The van der Waals surface area contributed by atoms with E-state index in [-0.39, 0.29) is 18.5 Å². The SMILES string of the molecule is COc1ccc(COCC(CN)N(C(C)=O)c2ccc(OCCCOCc3ccccc3OC)cc2)cc1. The molecule has 1 unspecified atom stereocenters. The van der Waals surface area contributed by atoms with Crippen LogP contribution in [0.15, 0.2) is 72.8 Å². The highest BCUT2D eigenvalue weighted by molar-refractivity contribution is 5.92. The first-order valence-corrected chi connectivity index (χ1v) is 12.7. The Kier molecular flexibility index (Phi) is 11.9. The number of carbonyl (C=O) groups excluding carboxylic acids is 1. The number of ether oxygens (including phenoxy) is 5. The van der Waals surface area contributed by atoms with E-state index in [1.165, 1.54) is 6.92 Å². The molecular weight excluding hydrogens is 484 g/mol. The van der Waals surface area contributed by atoms with Crippen molar-refractivity contribution in [2.75, 3.05) is 45.5 Å². The van der Waals surface area contributed by atoms with Crippen LogP contribution in [0.3, 0.4) is 0 Å². The summed E-state index contributed by atoms with van der Waals surface area (Å²) in [4.78, 5) is 14.2. The van der Waals surface area contributed by atoms with E-state index in [2.05, 4.69) is 0 Å². The number of hydrogen-bond acceptors (Lipinski definition) is 7. The molecular formula is C30H38N2O6. The summed E-state index contributed by atoms with van der Waals surface area (Å²) in [5, 5.41) is 0. The Morgan fingerprint density at radius 3 is 2.21 bits per heavy atom. The second-order valence-electron chi connectivity index (χ2n) is 8.70. The molecule has 8 heteroatoms. The van der Waals surface area contributed by atoms with Crippen molar-refractivity contribution in [1.29, 1.82) is 0 Å². The van der Waals surface area contributed by atoms with Gasteiger partial charge in [-0.15, -0.1) is 0 Å². The maximum Gasteiger partial charge on any atom is 0.224 e. The lowest BCUT2D eigenvalue weighted by Gasteiger charge is -2.30. The van der Waals surface area contributed by atoms with Crippen molar-refractivity contribution in [2.24, 2.45) is 5.73 Å². The molecule has 8 nitrogen and oxygen atoms in total. The Morgan fingerprint density at radius 1 is 0.842 bits per heavy atom. The molecule has 2 N–H and O–H groups in total. The fraction of sp³-hybridized carbons (Fsp3) is 0.367. The summed E-state index contributed by atoms with van der Waals surface area (Å²) >= 11 is 0. The average Bonchev–Trinajstić information content (AvgIpc) is 2.95. The van der Waals surface area contributed by atoms with Gasteiger partial charge in [0.15, 0.2) is 0 Å². The standard InChI is InChI=1S/C30H38N2O6/c1-23(33)32(27(19-31)22-37-20-24-9-13-28(34-2)14-10-24)26-11-15-29(16-12-26)38-18-6-17-36-21-25-7-4-5-8-30(25)35-3/h4-5,7-16,27H,6,17-22,31H2,1-3H3. The van der Waals surface area contributed by atoms with Crippen LogP contribution in [-0.4, -0.2) is 52.5 Å². The fourth-order valence-electron chi connectivity index (χ4n) is 3.99. The number of amides is 1. The molecule has 3 rings (SSSR count). The third-order valence-corrected chi connectivity index (χ3v) is 5.98. The number of nitrogens with zero attached hydrogens (tertiary/aromatic N) is 1. The third-order valence-electron chi connectivity index (χ3n) is 5.98. The van der Waals surface area contributed by atoms with E-state index in [0.29, 0.717) is 33.0 Å². The molecule has 38 heavy (non-hydrogen) atoms. The molecule has 0 aliphatic carbocycles. The number of benzene rings is 3. The minimum atomic E-state index is -0.294. The van der Waals surface area contributed by atoms with Crippen LogP contribution in [0.2, 0.25) is 0 Å². The van der Waals surface area contributed by atoms with Crippen molar-refractivity contribution >= 4 is 11.6 Å². The van der Waals surface area contributed by atoms with Gasteiger partial charge in [-0.25, -0.2) is 0 Å². The first-order chi connectivity index (χ1) is 18.5. The summed E-state index contributed by atoms with van der Waals surface area (Å²) in [5.74, 6) is 2.24. The van der Waals surface area contributed by atoms with Crippen LogP contribution >= 0.6 is 0 Å². The lowest BCUT2D eigenvalue weighted by atomic mass is 10.2. The molecule has 0 aromatic heterocycles. The van der Waals surface area contributed by atoms with Gasteiger partial charge >= 0.3 is 0 Å². The Labute approximate surface area is 225 Å². The maximum atomic E-state index is 12.5. The van der Waals surface area contributed by atoms with Gasteiger partial charge in [0.2, 0.25) is 5.91 Å². The molecule has 0 radical (unpaired) electrons. The van der Waals surface area contributed by atoms with E-state index in [1.54, 1.807) is 19.1 Å². The molecule has 1 amide bonds. The van der Waals surface area contributed by atoms with E-state index in [0.717, 1.165) is 40.5 Å². The molecule has 0 aliphatic rings. The van der Waals surface area contributed by atoms with Gasteiger partial charge in [-0.2, -0.15) is 0 Å². The summed E-state index contributed by atoms with van der Waals surface area (Å²) in [6, 6.07) is 22.6. The van der Waals surface area contributed by atoms with Gasteiger partial charge in [0.25, 0.3) is 0 Å². The predicted octanol–water partition coefficient (Wildman–Crippen LogP) is 4.59. The van der Waals surface area contributed by atoms with Gasteiger partial charge < -0.3 is 34.3 Å². The maximum absolute atomic E-state index is 12.5. The zero-order chi connectivity index (χ0) is 27.2. The third kappa shape index (κ3) is 8.76. The zero-order valence-corrected chi connectivity index (χ0v) is 22.4. The number of nitrogens with two attached hydrogens (primary N) is 1. The largest absolute Gasteiger partial charge is 0.497 e. The normalized spacial score (nSPS) is 11.6. The molecule has 0 fully saturated rings. The molecule has 0 aliphatic heterocycles. The summed E-state index contributed by atoms with van der Waals surface area (Å²) < 4.78 is 28.0. The van der Waals surface area contributed by atoms with Crippen molar-refractivity contribution in [3.05, 3.63) is 83.9 Å². The van der Waals surface area contributed by atoms with E-state index >= 15 is 0 Å². The zero-order valence-electron chi connectivity index (χ0n) is 22.4. The molecule has 0 saturated carbocycles. The highest BCUT2D eigenvalue weighted by atomic mass is 16.5. The smallest absolute Gasteiger partial charge is 0.224 e. The van der Waals surface area contributed by atoms with Crippen LogP contribution in [0.1, 0.15) is 24.5 Å². The van der Waals surface area contributed by atoms with Crippen LogP contribution in [0.25, 0.3) is 0 Å². The van der Waals surface area contributed by atoms with E-state index in [1.807, 2.05) is 72.8 Å². The first-order valence-electron chi connectivity index (χ1n) is 12.7. The van der Waals surface area contributed by atoms with Gasteiger partial charge in [0.1, 0.15) is 17.2 Å². The van der Waals surface area contributed by atoms with Crippen LogP contribution < -0.4 is 24.8 Å². The number of methoxy groups -OCH3 is 2. The Morgan fingerprint density at radius 2 is 1.55 bits per heavy atom. The summed E-state index contributed by atoms with van der Waals surface area (Å²) in [5.41, 5.74) is 8.80. The van der Waals surface area contributed by atoms with Gasteiger partial charge in [0, 0.05) is 31.1 Å². The summed E-state index contributed by atoms with van der Waals surface area (Å²) in [6.07, 6.45) is 0.747. The monoisotopic (exact) mass is 522 g/mol. The van der Waals surface area contributed by atoms with Crippen molar-refractivity contribution in [1.82, 2.24) is 0 Å². The van der Waals surface area contributed by atoms with Crippen molar-refractivity contribution in [2.45, 2.75) is 32.6 Å². The predicted molar refractivity (Wildman–Crippen MR) is 148 cm³/mol. The van der Waals surface area contributed by atoms with Gasteiger partial charge in [-0.1, -0.05) is 30.3 Å². The Bertz CT molecular complexity index is 1100. The summed E-state index contributed by atoms with van der Waals surface area (Å²) in [7, 11) is 3.29. The molecule has 1 atom stereocenters. The van der Waals surface area contributed by atoms with Gasteiger partial charge in [0.05, 0.1) is 53.3 Å². The van der Waals surface area contributed by atoms with Crippen LogP contribution in [0, 0.1) is 0 Å². The Balaban J connectivity index is 1.44. The van der Waals surface area contributed by atoms with Crippen molar-refractivity contribution in [3.8, 4) is 17.2 Å². The minimum absolute atomic E-state index is 0.102. The second kappa shape index (κ2) is 15.6. The highest BCUT2D eigenvalue weighted by Gasteiger charge is 2.22. The molecule has 204 valence electrons. The van der Waals surface area contributed by atoms with Crippen LogP contribution in [-0.2, 0) is 27.5 Å². The van der Waals surface area contributed by atoms with Gasteiger partial charge in [-0.05, 0) is 48.0 Å². The average molecular weight is 523 g/mol. The summed E-state index contributed by atoms with van der Waals surface area (Å²) in [6.45, 7) is 4.12. The second-order valence-corrected chi connectivity index (χ2v) is 8.70.